The molecule has 0 amide bonds. The van der Waals surface area contributed by atoms with E-state index in [1.54, 1.807) is 0 Å². The minimum atomic E-state index is -0.821. The van der Waals surface area contributed by atoms with E-state index >= 15 is 0 Å². The second-order valence-electron chi connectivity index (χ2n) is 18.2. The number of aryl methyl sites for hydroxylation is 2. The summed E-state index contributed by atoms with van der Waals surface area (Å²) < 4.78 is 11.2. The van der Waals surface area contributed by atoms with Gasteiger partial charge in [-0.05, 0) is 99.8 Å². The smallest absolute Gasteiger partial charge is 0.148 e. The van der Waals surface area contributed by atoms with Crippen LogP contribution in [0.25, 0.3) is 72.7 Å². The van der Waals surface area contributed by atoms with Crippen LogP contribution >= 0.6 is 0 Å². The summed E-state index contributed by atoms with van der Waals surface area (Å²) in [7, 11) is 0. The van der Waals surface area contributed by atoms with E-state index in [9.17, 15) is 5.11 Å². The molecule has 0 radical (unpaired) electrons. The molecule has 0 fully saturated rings. The van der Waals surface area contributed by atoms with Crippen molar-refractivity contribution in [2.45, 2.75) is 86.0 Å². The molecule has 8 rings (SSSR count). The number of imidazole rings is 1. The van der Waals surface area contributed by atoms with Gasteiger partial charge in [0.2, 0.25) is 0 Å². The molecule has 0 unspecified atom stereocenters. The summed E-state index contributed by atoms with van der Waals surface area (Å²) >= 11 is 0. The fourth-order valence-electron chi connectivity index (χ4n) is 7.97. The molecule has 0 bridgehead atoms. The van der Waals surface area contributed by atoms with Crippen molar-refractivity contribution in [1.29, 1.82) is 0 Å². The fraction of sp³-hybridized carbons (Fsp3) is 0.236. The van der Waals surface area contributed by atoms with Crippen LogP contribution in [0.1, 0.15) is 90.5 Å². The van der Waals surface area contributed by atoms with E-state index < -0.39 is 5.89 Å². The van der Waals surface area contributed by atoms with Crippen LogP contribution in [0, 0.1) is 19.9 Å². The number of aromatic nitrogens is 3. The number of hydrogen-bond donors (Lipinski definition) is 1. The maximum Gasteiger partial charge on any atom is 0.148 e. The van der Waals surface area contributed by atoms with Crippen LogP contribution < -0.4 is 0 Å². The zero-order valence-corrected chi connectivity index (χ0v) is 38.6. The van der Waals surface area contributed by atoms with E-state index in [0.717, 1.165) is 83.6 Å². The molecule has 2 heterocycles. The SMILES string of the molecule is [2H]C(C)(C)c1ccc(-n2c(-c3cc(C)cc(C)c3O)nc3c(-c4[c-]c(-c5cc(-c6ccccc6)ccn5)cc(C(C)(C)C)c4)cccc32)c(-c2ccc(C(C)(C)C)cc2)c1.[Pt]. The third kappa shape index (κ3) is 8.28. The van der Waals surface area contributed by atoms with Crippen molar-refractivity contribution >= 4 is 11.0 Å². The van der Waals surface area contributed by atoms with Gasteiger partial charge in [-0.2, -0.15) is 0 Å². The van der Waals surface area contributed by atoms with Crippen molar-refractivity contribution in [2.75, 3.05) is 0 Å². The summed E-state index contributed by atoms with van der Waals surface area (Å²) in [6.07, 6.45) is 1.88. The quantitative estimate of drug-likeness (QED) is 0.162. The number of hydrogen-bond acceptors (Lipinski definition) is 3. The molecule has 6 aromatic carbocycles. The number of nitrogens with zero attached hydrogens (tertiary/aromatic N) is 3. The Labute approximate surface area is 372 Å². The minimum absolute atomic E-state index is 0. The Morgan fingerprint density at radius 2 is 1.35 bits per heavy atom. The van der Waals surface area contributed by atoms with Gasteiger partial charge in [-0.3, -0.25) is 9.55 Å². The Bertz CT molecular complexity index is 2890. The third-order valence-electron chi connectivity index (χ3n) is 11.4. The van der Waals surface area contributed by atoms with E-state index in [0.29, 0.717) is 11.4 Å². The van der Waals surface area contributed by atoms with Crippen LogP contribution in [0.4, 0.5) is 0 Å². The number of fused-ring (bicyclic) bond motifs is 1. The van der Waals surface area contributed by atoms with Crippen LogP contribution in [0.3, 0.4) is 0 Å². The molecule has 306 valence electrons. The van der Waals surface area contributed by atoms with Crippen LogP contribution in [0.2, 0.25) is 0 Å². The molecule has 5 heteroatoms. The Kier molecular flexibility index (Phi) is 11.3. The van der Waals surface area contributed by atoms with Crippen LogP contribution in [-0.2, 0) is 31.9 Å². The number of phenolic OH excluding ortho intramolecular Hbond substituents is 1. The van der Waals surface area contributed by atoms with Crippen LogP contribution in [-0.4, -0.2) is 19.6 Å². The van der Waals surface area contributed by atoms with Crippen molar-refractivity contribution in [3.05, 3.63) is 167 Å². The summed E-state index contributed by atoms with van der Waals surface area (Å²) in [6.45, 7) is 21.2. The van der Waals surface area contributed by atoms with Crippen molar-refractivity contribution in [2.24, 2.45) is 0 Å². The number of aromatic hydroxyl groups is 1. The molecular formula is C55H54N3OPt-. The molecule has 4 nitrogen and oxygen atoms in total. The maximum absolute atomic E-state index is 11.8. The zero-order valence-electron chi connectivity index (χ0n) is 37.3. The van der Waals surface area contributed by atoms with Gasteiger partial charge in [0.25, 0.3) is 0 Å². The van der Waals surface area contributed by atoms with Gasteiger partial charge in [-0.15, -0.1) is 29.3 Å². The van der Waals surface area contributed by atoms with Crippen molar-refractivity contribution in [1.82, 2.24) is 14.5 Å². The predicted molar refractivity (Wildman–Crippen MR) is 248 cm³/mol. The van der Waals surface area contributed by atoms with Crippen LogP contribution in [0.15, 0.2) is 134 Å². The average Bonchev–Trinajstić information content (AvgIpc) is 3.60. The molecule has 0 saturated carbocycles. The van der Waals surface area contributed by atoms with Gasteiger partial charge in [0.15, 0.2) is 0 Å². The largest absolute Gasteiger partial charge is 0.507 e. The molecule has 0 spiro atoms. The Hall–Kier alpha value is -5.57. The first-order valence-corrected chi connectivity index (χ1v) is 20.5. The summed E-state index contributed by atoms with van der Waals surface area (Å²) in [4.78, 5) is 10.4. The number of para-hydroxylation sites is 1. The number of phenols is 1. The Balaban J connectivity index is 0.00000561. The first kappa shape index (κ1) is 41.2. The molecule has 2 aromatic heterocycles. The molecule has 0 aliphatic rings. The van der Waals surface area contributed by atoms with Crippen molar-refractivity contribution in [3.63, 3.8) is 0 Å². The predicted octanol–water partition coefficient (Wildman–Crippen LogP) is 14.6. The van der Waals surface area contributed by atoms with Gasteiger partial charge in [0.05, 0.1) is 22.3 Å². The van der Waals surface area contributed by atoms with E-state index in [2.05, 4.69) is 168 Å². The fourth-order valence-corrected chi connectivity index (χ4v) is 7.97. The normalized spacial score (nSPS) is 12.3. The minimum Gasteiger partial charge on any atom is -0.507 e. The topological polar surface area (TPSA) is 50.9 Å². The van der Waals surface area contributed by atoms with Gasteiger partial charge in [-0.25, -0.2) is 4.98 Å². The molecule has 0 saturated heterocycles. The van der Waals surface area contributed by atoms with Crippen molar-refractivity contribution < 1.29 is 27.5 Å². The average molecular weight is 969 g/mol. The summed E-state index contributed by atoms with van der Waals surface area (Å²) in [6, 6.07) is 48.3. The first-order chi connectivity index (χ1) is 28.4. The van der Waals surface area contributed by atoms with Gasteiger partial charge in [-0.1, -0.05) is 151 Å². The zero-order chi connectivity index (χ0) is 42.7. The van der Waals surface area contributed by atoms with E-state index in [-0.39, 0.29) is 37.6 Å². The molecule has 8 aromatic rings. The maximum atomic E-state index is 11.8. The molecular weight excluding hydrogens is 914 g/mol. The van der Waals surface area contributed by atoms with Gasteiger partial charge in [0, 0.05) is 39.9 Å². The van der Waals surface area contributed by atoms with E-state index in [1.165, 1.54) is 5.56 Å². The second kappa shape index (κ2) is 16.5. The molecule has 0 atom stereocenters. The van der Waals surface area contributed by atoms with Gasteiger partial charge in [0.1, 0.15) is 11.6 Å². The second-order valence-corrected chi connectivity index (χ2v) is 18.2. The Morgan fingerprint density at radius 1 is 0.650 bits per heavy atom. The summed E-state index contributed by atoms with van der Waals surface area (Å²) in [5.74, 6) is 0.0156. The first-order valence-electron chi connectivity index (χ1n) is 21.0. The van der Waals surface area contributed by atoms with Gasteiger partial charge >= 0.3 is 0 Å². The summed E-state index contributed by atoms with van der Waals surface area (Å²) in [5, 5.41) is 11.8. The number of pyridine rings is 1. The standard InChI is InChI=1S/C55H54N3O.Pt/c1-34(2)39-21-24-49(46(32-39)38-19-22-43(23-20-38)54(5,6)7)58-50-18-14-17-45(51(50)57-53(58)47-28-35(3)27-36(4)52(47)59)41-29-42(31-44(30-41)55(8,9)10)48-33-40(25-26-56-48)37-15-12-11-13-16-37;/h11-28,30-34,59H,1-10H3;/q-1;/i34D;. The van der Waals surface area contributed by atoms with Gasteiger partial charge < -0.3 is 5.11 Å². The number of benzene rings is 6. The Morgan fingerprint density at radius 3 is 2.03 bits per heavy atom. The monoisotopic (exact) mass is 968 g/mol. The molecule has 1 N–H and O–H groups in total. The molecule has 0 aliphatic carbocycles. The molecule has 60 heavy (non-hydrogen) atoms. The van der Waals surface area contributed by atoms with E-state index in [1.807, 2.05) is 45.2 Å². The van der Waals surface area contributed by atoms with Crippen LogP contribution in [0.5, 0.6) is 5.75 Å². The van der Waals surface area contributed by atoms with Crippen molar-refractivity contribution in [3.8, 4) is 67.5 Å². The van der Waals surface area contributed by atoms with E-state index in [4.69, 9.17) is 11.3 Å². The number of rotatable bonds is 7. The third-order valence-corrected chi connectivity index (χ3v) is 11.4. The summed E-state index contributed by atoms with van der Waals surface area (Å²) in [5.41, 5.74) is 16.1. The molecule has 0 aliphatic heterocycles.